The normalized spacial score (nSPS) is 19.0. The summed E-state index contributed by atoms with van der Waals surface area (Å²) in [5, 5.41) is 80.7. The molecule has 107 heavy (non-hydrogen) atoms. The number of non-ortho nitro benzene ring substituents is 1. The molecule has 1 aromatic carbocycles. The van der Waals surface area contributed by atoms with Crippen molar-refractivity contribution in [2.75, 3.05) is 141 Å². The number of carbonyl (C=O) groups excluding carboxylic acids is 3. The number of hydrogen-bond donors (Lipinski definition) is 10. The van der Waals surface area contributed by atoms with Crippen molar-refractivity contribution in [3.8, 4) is 0 Å². The van der Waals surface area contributed by atoms with E-state index >= 15 is 0 Å². The molecule has 0 bridgehead atoms. The van der Waals surface area contributed by atoms with E-state index in [2.05, 4.69) is 51.8 Å². The van der Waals surface area contributed by atoms with Crippen LogP contribution in [0.15, 0.2) is 30.3 Å². The molecule has 5 rings (SSSR count). The van der Waals surface area contributed by atoms with Crippen LogP contribution in [0.3, 0.4) is 0 Å². The SMILES string of the molecule is O=C(CCOCC(COCCC(=O)NCCCCCCCCCCCOC[C@H]1OC[C@H](Nc2cc(Cl)nc(C(F)(F)F)n2)[C@@H](O)[C@H]1O)NC(=O)COCCOCCOCCNc1ccc([N+](=O)[O-])cc1[N+](=O)[O-])NCCCCCCCCCCCOC[C@H]1OC[C@H](Nc2cc(Cl)nc(C(F)(F)F)n2)[C@@H](O)[C@H]1O. The highest BCUT2D eigenvalue weighted by molar-refractivity contribution is 6.29. The standard InChI is InChI=1S/C67H102Cl2F6N12O20/c68-53-36-55(84-64(82-53)66(70,71)72)80-48-40-106-51(62(93)60(48)91)42-101-26-17-13-9-5-1-3-7-11-15-23-77-57(88)21-28-103-38-45(79-59(90)44-105-34-33-100-32-31-99-30-25-76-47-20-19-46(86(95)96)35-50(47)87(97)98)39-104-29-22-58(89)78-24-16-12-8-4-2-6-10-14-18-27-102-43-52-63(94)61(92)49(41-107-52)81-56-37-54(69)83-65(85-56)67(73,74)75/h19-20,35-37,45,48-49,51-52,60-63,76,91-94H,1-18,21-34,38-44H2,(H,77,88)(H,78,89)(H,79,90)(H,80,82,84)(H,81,83,85)/t48-,49-,51+,52+,60+,61+,62-,63-/m0/s1. The number of carbonyl (C=O) groups is 3. The number of rotatable bonds is 57. The maximum Gasteiger partial charge on any atom is 0.451 e. The second kappa shape index (κ2) is 51.2. The predicted molar refractivity (Wildman–Crippen MR) is 377 cm³/mol. The van der Waals surface area contributed by atoms with Crippen LogP contribution in [0.25, 0.3) is 0 Å². The second-order valence-corrected chi connectivity index (χ2v) is 26.3. The summed E-state index contributed by atoms with van der Waals surface area (Å²) in [5.41, 5.74) is -0.736. The zero-order valence-corrected chi connectivity index (χ0v) is 61.2. The molecular weight excluding hydrogens is 1480 g/mol. The molecule has 2 saturated heterocycles. The lowest BCUT2D eigenvalue weighted by molar-refractivity contribution is -0.393. The number of aliphatic hydroxyl groups excluding tert-OH is 4. The summed E-state index contributed by atoms with van der Waals surface area (Å²) >= 11 is 11.4. The van der Waals surface area contributed by atoms with Gasteiger partial charge in [-0.1, -0.05) is 113 Å². The summed E-state index contributed by atoms with van der Waals surface area (Å²) in [6, 6.07) is 2.86. The Morgan fingerprint density at radius 1 is 0.505 bits per heavy atom. The Bertz CT molecular complexity index is 2940. The lowest BCUT2D eigenvalue weighted by atomic mass is 9.98. The molecule has 4 heterocycles. The van der Waals surface area contributed by atoms with Crippen molar-refractivity contribution in [3.05, 3.63) is 72.5 Å². The van der Waals surface area contributed by atoms with Gasteiger partial charge < -0.3 is 95.0 Å². The van der Waals surface area contributed by atoms with Gasteiger partial charge in [0.05, 0.1) is 120 Å². The highest BCUT2D eigenvalue weighted by atomic mass is 35.5. The van der Waals surface area contributed by atoms with Crippen molar-refractivity contribution in [3.63, 3.8) is 0 Å². The van der Waals surface area contributed by atoms with Gasteiger partial charge in [0.1, 0.15) is 70.9 Å². The number of hydrogen-bond acceptors (Lipinski definition) is 27. The van der Waals surface area contributed by atoms with E-state index < -0.39 is 116 Å². The summed E-state index contributed by atoms with van der Waals surface area (Å²) in [6.45, 7) is 2.42. The molecule has 606 valence electrons. The molecule has 3 aromatic rings. The Hall–Kier alpha value is -6.37. The number of nitro groups is 2. The van der Waals surface area contributed by atoms with Crippen LogP contribution in [0.4, 0.5) is 55.0 Å². The number of nitrogens with one attached hydrogen (secondary N) is 6. The smallest absolute Gasteiger partial charge is 0.388 e. The van der Waals surface area contributed by atoms with Crippen molar-refractivity contribution in [1.82, 2.24) is 35.9 Å². The summed E-state index contributed by atoms with van der Waals surface area (Å²) < 4.78 is 129. The zero-order chi connectivity index (χ0) is 77.8. The quantitative estimate of drug-likeness (QED) is 0.00851. The molecule has 0 aliphatic carbocycles. The Kier molecular flexibility index (Phi) is 43.6. The number of unbranched alkanes of at least 4 members (excludes halogenated alkanes) is 16. The fourth-order valence-corrected chi connectivity index (χ4v) is 11.4. The minimum absolute atomic E-state index is 0.00726. The fourth-order valence-electron chi connectivity index (χ4n) is 11.1. The van der Waals surface area contributed by atoms with Crippen LogP contribution < -0.4 is 31.9 Å². The van der Waals surface area contributed by atoms with Gasteiger partial charge in [-0.15, -0.1) is 0 Å². The number of nitrogens with zero attached hydrogens (tertiary/aromatic N) is 6. The second-order valence-electron chi connectivity index (χ2n) is 25.5. The van der Waals surface area contributed by atoms with Gasteiger partial charge in [0, 0.05) is 63.9 Å². The average Bonchev–Trinajstić information content (AvgIpc) is 0.829. The van der Waals surface area contributed by atoms with Crippen molar-refractivity contribution in [2.24, 2.45) is 0 Å². The molecule has 0 unspecified atom stereocenters. The molecule has 0 spiro atoms. The van der Waals surface area contributed by atoms with Crippen LogP contribution in [0.1, 0.15) is 140 Å². The van der Waals surface area contributed by atoms with E-state index in [4.69, 9.17) is 65.8 Å². The number of ether oxygens (including phenoxy) is 9. The number of nitro benzene ring substituents is 2. The van der Waals surface area contributed by atoms with E-state index in [1.165, 1.54) is 6.07 Å². The molecule has 0 radical (unpaired) electrons. The lowest BCUT2D eigenvalue weighted by Crippen LogP contribution is -2.57. The van der Waals surface area contributed by atoms with Gasteiger partial charge in [-0.2, -0.15) is 26.3 Å². The van der Waals surface area contributed by atoms with Crippen molar-refractivity contribution < 1.29 is 114 Å². The van der Waals surface area contributed by atoms with Gasteiger partial charge in [-0.3, -0.25) is 34.6 Å². The van der Waals surface area contributed by atoms with Crippen molar-refractivity contribution >= 4 is 69.6 Å². The predicted octanol–water partition coefficient (Wildman–Crippen LogP) is 7.68. The van der Waals surface area contributed by atoms with E-state index in [0.29, 0.717) is 26.3 Å². The first-order valence-corrected chi connectivity index (χ1v) is 36.8. The van der Waals surface area contributed by atoms with Crippen molar-refractivity contribution in [1.29, 1.82) is 0 Å². The number of aromatic nitrogens is 4. The maximum absolute atomic E-state index is 13.1. The molecule has 2 aliphatic heterocycles. The first-order valence-electron chi connectivity index (χ1n) is 36.0. The molecule has 8 atom stereocenters. The summed E-state index contributed by atoms with van der Waals surface area (Å²) in [7, 11) is 0. The summed E-state index contributed by atoms with van der Waals surface area (Å²) in [5.74, 6) is -4.28. The van der Waals surface area contributed by atoms with E-state index in [0.717, 1.165) is 140 Å². The molecule has 10 N–H and O–H groups in total. The molecule has 32 nitrogen and oxygen atoms in total. The number of benzene rings is 1. The number of aliphatic hydroxyl groups is 4. The first-order chi connectivity index (χ1) is 51.3. The van der Waals surface area contributed by atoms with Gasteiger partial charge in [0.25, 0.3) is 11.4 Å². The van der Waals surface area contributed by atoms with Crippen LogP contribution in [0.5, 0.6) is 0 Å². The molecule has 2 aromatic heterocycles. The van der Waals surface area contributed by atoms with Gasteiger partial charge in [0.2, 0.25) is 29.4 Å². The van der Waals surface area contributed by atoms with E-state index in [-0.39, 0.29) is 141 Å². The van der Waals surface area contributed by atoms with Crippen LogP contribution in [-0.4, -0.2) is 248 Å². The minimum atomic E-state index is -4.83. The maximum atomic E-state index is 13.1. The summed E-state index contributed by atoms with van der Waals surface area (Å²) in [4.78, 5) is 72.3. The van der Waals surface area contributed by atoms with Crippen LogP contribution in [0.2, 0.25) is 10.3 Å². The van der Waals surface area contributed by atoms with Crippen LogP contribution in [-0.2, 0) is 69.4 Å². The number of amides is 3. The third-order valence-corrected chi connectivity index (χ3v) is 17.2. The van der Waals surface area contributed by atoms with Crippen LogP contribution >= 0.6 is 23.2 Å². The van der Waals surface area contributed by atoms with E-state index in [9.17, 15) is 81.4 Å². The minimum Gasteiger partial charge on any atom is -0.388 e. The van der Waals surface area contributed by atoms with Gasteiger partial charge >= 0.3 is 12.4 Å². The van der Waals surface area contributed by atoms with E-state index in [1.807, 2.05) is 0 Å². The van der Waals surface area contributed by atoms with Gasteiger partial charge in [0.15, 0.2) is 0 Å². The topological polar surface area (TPSA) is 425 Å². The fraction of sp³-hybridized carbons (Fsp3) is 0.746. The zero-order valence-electron chi connectivity index (χ0n) is 59.7. The molecule has 2 fully saturated rings. The average molecular weight is 1580 g/mol. The summed E-state index contributed by atoms with van der Waals surface area (Å²) in [6.07, 6.45) is 0.596. The first kappa shape index (κ1) is 91.2. The number of halogens is 8. The van der Waals surface area contributed by atoms with E-state index in [1.54, 1.807) is 0 Å². The Morgan fingerprint density at radius 3 is 1.36 bits per heavy atom. The molecular formula is C67H102Cl2F6N12O20. The third-order valence-electron chi connectivity index (χ3n) is 16.8. The molecule has 0 saturated carbocycles. The molecule has 3 amide bonds. The largest absolute Gasteiger partial charge is 0.451 e. The van der Waals surface area contributed by atoms with Gasteiger partial charge in [-0.05, 0) is 31.7 Å². The molecule has 2 aliphatic rings. The third kappa shape index (κ3) is 37.7. The Labute approximate surface area is 626 Å². The Morgan fingerprint density at radius 2 is 0.925 bits per heavy atom. The number of alkyl halides is 6. The highest BCUT2D eigenvalue weighted by Crippen LogP contribution is 2.32. The lowest BCUT2D eigenvalue weighted by Gasteiger charge is -2.38. The Balaban J connectivity index is 0.861. The molecule has 40 heteroatoms. The highest BCUT2D eigenvalue weighted by Gasteiger charge is 2.42. The van der Waals surface area contributed by atoms with Gasteiger partial charge in [-0.25, -0.2) is 19.9 Å². The number of anilines is 3. The monoisotopic (exact) mass is 1580 g/mol. The van der Waals surface area contributed by atoms with Crippen LogP contribution in [0, 0.1) is 20.2 Å². The van der Waals surface area contributed by atoms with Crippen molar-refractivity contribution in [2.45, 2.75) is 196 Å².